The Hall–Kier alpha value is 0.270. The molecule has 1 saturated heterocycles. The molecule has 0 aromatic carbocycles. The average Bonchev–Trinajstić information content (AvgIpc) is 2.40. The summed E-state index contributed by atoms with van der Waals surface area (Å²) in [5, 5.41) is 10.3. The molecule has 2 rings (SSSR count). The van der Waals surface area contributed by atoms with Gasteiger partial charge in [-0.1, -0.05) is 19.3 Å². The lowest BCUT2D eigenvalue weighted by Gasteiger charge is -2.44. The topological polar surface area (TPSA) is 29.5 Å². The lowest BCUT2D eigenvalue weighted by atomic mass is 9.74. The van der Waals surface area contributed by atoms with Gasteiger partial charge < -0.3 is 9.84 Å². The first kappa shape index (κ1) is 14.7. The van der Waals surface area contributed by atoms with Gasteiger partial charge in [0.25, 0.3) is 0 Å². The number of aliphatic hydroxyl groups is 1. The van der Waals surface area contributed by atoms with Crippen molar-refractivity contribution < 1.29 is 9.84 Å². The van der Waals surface area contributed by atoms with Crippen LogP contribution in [0.5, 0.6) is 0 Å². The smallest absolute Gasteiger partial charge is 0.0686 e. The molecule has 2 unspecified atom stereocenters. The van der Waals surface area contributed by atoms with Crippen LogP contribution in [-0.2, 0) is 4.74 Å². The van der Waals surface area contributed by atoms with Gasteiger partial charge in [-0.15, -0.1) is 0 Å². The minimum Gasteiger partial charge on any atom is -0.393 e. The maximum atomic E-state index is 10.3. The van der Waals surface area contributed by atoms with Crippen molar-refractivity contribution in [2.75, 3.05) is 18.6 Å². The first-order valence-corrected chi connectivity index (χ1v) is 8.96. The van der Waals surface area contributed by atoms with Crippen LogP contribution >= 0.6 is 11.8 Å². The first-order chi connectivity index (χ1) is 8.76. The van der Waals surface area contributed by atoms with Gasteiger partial charge in [0, 0.05) is 6.61 Å². The van der Waals surface area contributed by atoms with Crippen LogP contribution in [-0.4, -0.2) is 35.4 Å². The Morgan fingerprint density at radius 1 is 1.33 bits per heavy atom. The summed E-state index contributed by atoms with van der Waals surface area (Å²) in [4.78, 5) is 0. The molecule has 0 aromatic heterocycles. The molecule has 1 saturated carbocycles. The van der Waals surface area contributed by atoms with Gasteiger partial charge in [-0.25, -0.2) is 0 Å². The zero-order chi connectivity index (χ0) is 12.8. The Bertz CT molecular complexity index is 233. The van der Waals surface area contributed by atoms with Gasteiger partial charge in [-0.2, -0.15) is 11.8 Å². The van der Waals surface area contributed by atoms with Gasteiger partial charge in [0.15, 0.2) is 0 Å². The first-order valence-electron chi connectivity index (χ1n) is 7.57. The summed E-state index contributed by atoms with van der Waals surface area (Å²) in [6.45, 7) is 0.865. The molecule has 1 heterocycles. The van der Waals surface area contributed by atoms with Crippen molar-refractivity contribution in [1.29, 1.82) is 0 Å². The van der Waals surface area contributed by atoms with Crippen molar-refractivity contribution in [3.8, 4) is 0 Å². The third-order valence-electron chi connectivity index (χ3n) is 4.69. The molecule has 2 aliphatic rings. The molecule has 1 aliphatic carbocycles. The highest BCUT2D eigenvalue weighted by Crippen LogP contribution is 2.42. The standard InChI is InChI=1S/C15H28O2S/c1-18-11-5-6-14(16)13-7-10-17-15(12-13)8-3-2-4-9-15/h13-14,16H,2-12H2,1H3. The summed E-state index contributed by atoms with van der Waals surface area (Å²) in [6, 6.07) is 0. The van der Waals surface area contributed by atoms with E-state index in [0.29, 0.717) is 5.92 Å². The van der Waals surface area contributed by atoms with Crippen LogP contribution in [0.3, 0.4) is 0 Å². The Labute approximate surface area is 116 Å². The number of ether oxygens (including phenoxy) is 1. The fraction of sp³-hybridized carbons (Fsp3) is 1.00. The zero-order valence-corrected chi connectivity index (χ0v) is 12.5. The summed E-state index contributed by atoms with van der Waals surface area (Å²) in [5.74, 6) is 1.66. The second-order valence-corrected chi connectivity index (χ2v) is 7.03. The van der Waals surface area contributed by atoms with Crippen molar-refractivity contribution in [3.63, 3.8) is 0 Å². The summed E-state index contributed by atoms with van der Waals surface area (Å²) >= 11 is 1.88. The molecule has 2 atom stereocenters. The molecule has 0 bridgehead atoms. The molecule has 0 aromatic rings. The summed E-state index contributed by atoms with van der Waals surface area (Å²) in [5.41, 5.74) is 0.141. The molecule has 18 heavy (non-hydrogen) atoms. The van der Waals surface area contributed by atoms with Gasteiger partial charge in [-0.05, 0) is 56.5 Å². The van der Waals surface area contributed by atoms with Crippen LogP contribution in [0.2, 0.25) is 0 Å². The molecular weight excluding hydrogens is 244 g/mol. The average molecular weight is 272 g/mol. The van der Waals surface area contributed by atoms with E-state index in [1.54, 1.807) is 0 Å². The van der Waals surface area contributed by atoms with Crippen molar-refractivity contribution in [3.05, 3.63) is 0 Å². The number of hydrogen-bond acceptors (Lipinski definition) is 3. The molecule has 1 spiro atoms. The molecule has 2 fully saturated rings. The Morgan fingerprint density at radius 3 is 2.83 bits per heavy atom. The van der Waals surface area contributed by atoms with Gasteiger partial charge in [0.1, 0.15) is 0 Å². The summed E-state index contributed by atoms with van der Waals surface area (Å²) in [6.07, 6.45) is 12.8. The maximum absolute atomic E-state index is 10.3. The van der Waals surface area contributed by atoms with E-state index in [-0.39, 0.29) is 11.7 Å². The fourth-order valence-electron chi connectivity index (χ4n) is 3.61. The SMILES string of the molecule is CSCCCC(O)C1CCOC2(CCCCC2)C1. The fourth-order valence-corrected chi connectivity index (χ4v) is 4.07. The molecule has 0 radical (unpaired) electrons. The molecule has 0 amide bonds. The van der Waals surface area contributed by atoms with E-state index < -0.39 is 0 Å². The van der Waals surface area contributed by atoms with Crippen molar-refractivity contribution in [2.45, 2.75) is 69.5 Å². The molecule has 2 nitrogen and oxygen atoms in total. The predicted molar refractivity (Wildman–Crippen MR) is 78.1 cm³/mol. The highest BCUT2D eigenvalue weighted by atomic mass is 32.2. The van der Waals surface area contributed by atoms with Crippen LogP contribution in [0.15, 0.2) is 0 Å². The Morgan fingerprint density at radius 2 is 2.11 bits per heavy atom. The third-order valence-corrected chi connectivity index (χ3v) is 5.39. The van der Waals surface area contributed by atoms with Crippen LogP contribution < -0.4 is 0 Å². The van der Waals surface area contributed by atoms with Crippen molar-refractivity contribution in [1.82, 2.24) is 0 Å². The zero-order valence-electron chi connectivity index (χ0n) is 11.7. The van der Waals surface area contributed by atoms with E-state index in [1.807, 2.05) is 11.8 Å². The minimum absolute atomic E-state index is 0.0974. The number of hydrogen-bond donors (Lipinski definition) is 1. The van der Waals surface area contributed by atoms with E-state index in [4.69, 9.17) is 4.74 Å². The largest absolute Gasteiger partial charge is 0.393 e. The number of rotatable bonds is 5. The van der Waals surface area contributed by atoms with Crippen molar-refractivity contribution in [2.24, 2.45) is 5.92 Å². The van der Waals surface area contributed by atoms with Gasteiger partial charge >= 0.3 is 0 Å². The van der Waals surface area contributed by atoms with Crippen LogP contribution in [0.4, 0.5) is 0 Å². The number of aliphatic hydroxyl groups excluding tert-OH is 1. The monoisotopic (exact) mass is 272 g/mol. The van der Waals surface area contributed by atoms with Crippen LogP contribution in [0.1, 0.15) is 57.8 Å². The van der Waals surface area contributed by atoms with E-state index in [9.17, 15) is 5.11 Å². The molecule has 1 aliphatic heterocycles. The van der Waals surface area contributed by atoms with Gasteiger partial charge in [0.2, 0.25) is 0 Å². The lowest BCUT2D eigenvalue weighted by Crippen LogP contribution is -2.44. The Kier molecular flexibility index (Phi) is 5.84. The van der Waals surface area contributed by atoms with E-state index >= 15 is 0 Å². The van der Waals surface area contributed by atoms with E-state index in [2.05, 4.69) is 6.26 Å². The van der Waals surface area contributed by atoms with E-state index in [1.165, 1.54) is 37.9 Å². The molecule has 3 heteroatoms. The summed E-state index contributed by atoms with van der Waals surface area (Å²) < 4.78 is 6.10. The normalized spacial score (nSPS) is 29.3. The highest BCUT2D eigenvalue weighted by Gasteiger charge is 2.40. The van der Waals surface area contributed by atoms with Crippen LogP contribution in [0.25, 0.3) is 0 Å². The molecule has 1 N–H and O–H groups in total. The van der Waals surface area contributed by atoms with Crippen LogP contribution in [0, 0.1) is 5.92 Å². The minimum atomic E-state index is -0.0974. The second-order valence-electron chi connectivity index (χ2n) is 6.05. The number of thioether (sulfide) groups is 1. The highest BCUT2D eigenvalue weighted by molar-refractivity contribution is 7.98. The van der Waals surface area contributed by atoms with Gasteiger partial charge in [0.05, 0.1) is 11.7 Å². The lowest BCUT2D eigenvalue weighted by molar-refractivity contribution is -0.134. The predicted octanol–water partition coefficient (Wildman–Crippen LogP) is 3.62. The second kappa shape index (κ2) is 7.16. The molecular formula is C15H28O2S. The summed E-state index contributed by atoms with van der Waals surface area (Å²) in [7, 11) is 0. The van der Waals surface area contributed by atoms with Gasteiger partial charge in [-0.3, -0.25) is 0 Å². The molecule has 106 valence electrons. The quantitative estimate of drug-likeness (QED) is 0.775. The third kappa shape index (κ3) is 3.88. The van der Waals surface area contributed by atoms with E-state index in [0.717, 1.165) is 32.3 Å². The maximum Gasteiger partial charge on any atom is 0.0686 e. The Balaban J connectivity index is 1.81. The van der Waals surface area contributed by atoms with Crippen molar-refractivity contribution >= 4 is 11.8 Å².